The van der Waals surface area contributed by atoms with Gasteiger partial charge in [-0.3, -0.25) is 0 Å². The molecule has 9 heteroatoms. The molecule has 2 aromatic carbocycles. The Hall–Kier alpha value is -3.36. The number of aromatic nitrogens is 2. The molecule has 0 atom stereocenters. The first-order valence-corrected chi connectivity index (χ1v) is 15.2. The minimum Gasteiger partial charge on any atom is -0.494 e. The van der Waals surface area contributed by atoms with Crippen LogP contribution < -0.4 is 14.8 Å². The first-order chi connectivity index (χ1) is 20.3. The van der Waals surface area contributed by atoms with Gasteiger partial charge in [0.15, 0.2) is 0 Å². The Kier molecular flexibility index (Phi) is 14.4. The van der Waals surface area contributed by atoms with E-state index in [0.717, 1.165) is 62.4 Å². The third-order valence-corrected chi connectivity index (χ3v) is 7.37. The van der Waals surface area contributed by atoms with E-state index < -0.39 is 6.09 Å². The standard InChI is InChI=1S/C33H44ClN3O5/c1-33(2,28-13-17-30(18-14-28)42-25-26-23-36-31(34)37-24-26)27-11-15-29(16-12-27)41-22-9-6-4-3-5-8-20-40-21-10-7-19-35-32(38)39/h11-18,23-24,35H,3-10,19-22,25H2,1-2H3,(H,38,39). The van der Waals surface area contributed by atoms with Gasteiger partial charge in [0.25, 0.3) is 0 Å². The third-order valence-electron chi connectivity index (χ3n) is 7.17. The first kappa shape index (κ1) is 33.1. The van der Waals surface area contributed by atoms with E-state index in [1.807, 2.05) is 12.1 Å². The van der Waals surface area contributed by atoms with Crippen LogP contribution in [0.2, 0.25) is 5.28 Å². The topological polar surface area (TPSA) is 103 Å². The van der Waals surface area contributed by atoms with Crippen LogP contribution in [0.1, 0.15) is 81.9 Å². The summed E-state index contributed by atoms with van der Waals surface area (Å²) in [5, 5.41) is 11.1. The number of ether oxygens (including phenoxy) is 3. The van der Waals surface area contributed by atoms with Crippen molar-refractivity contribution >= 4 is 17.7 Å². The van der Waals surface area contributed by atoms with Crippen molar-refractivity contribution in [1.82, 2.24) is 15.3 Å². The normalized spacial score (nSPS) is 11.3. The Bertz CT molecular complexity index is 1170. The smallest absolute Gasteiger partial charge is 0.404 e. The average Bonchev–Trinajstić information content (AvgIpc) is 2.99. The Morgan fingerprint density at radius 2 is 1.26 bits per heavy atom. The third kappa shape index (κ3) is 12.2. The molecule has 0 aliphatic heterocycles. The number of unbranched alkanes of at least 4 members (excludes halogenated alkanes) is 6. The maximum atomic E-state index is 10.4. The van der Waals surface area contributed by atoms with Crippen LogP contribution in [0.4, 0.5) is 4.79 Å². The van der Waals surface area contributed by atoms with Gasteiger partial charge in [0, 0.05) is 43.1 Å². The van der Waals surface area contributed by atoms with Crippen LogP contribution in [0, 0.1) is 0 Å². The van der Waals surface area contributed by atoms with E-state index in [2.05, 4.69) is 65.5 Å². The van der Waals surface area contributed by atoms with E-state index in [4.69, 9.17) is 30.9 Å². The summed E-state index contributed by atoms with van der Waals surface area (Å²) in [6.45, 7) is 7.52. The van der Waals surface area contributed by atoms with Gasteiger partial charge in [-0.15, -0.1) is 0 Å². The van der Waals surface area contributed by atoms with E-state index in [0.29, 0.717) is 19.8 Å². The number of halogens is 1. The van der Waals surface area contributed by atoms with Gasteiger partial charge in [-0.2, -0.15) is 0 Å². The van der Waals surface area contributed by atoms with Crippen LogP contribution >= 0.6 is 11.6 Å². The fourth-order valence-corrected chi connectivity index (χ4v) is 4.61. The fourth-order valence-electron chi connectivity index (χ4n) is 4.51. The zero-order chi connectivity index (χ0) is 30.0. The van der Waals surface area contributed by atoms with Crippen LogP contribution in [-0.2, 0) is 16.8 Å². The molecule has 0 radical (unpaired) electrons. The second-order valence-electron chi connectivity index (χ2n) is 10.8. The molecule has 0 fully saturated rings. The van der Waals surface area contributed by atoms with Crippen LogP contribution in [-0.4, -0.2) is 47.5 Å². The van der Waals surface area contributed by atoms with Crippen molar-refractivity contribution in [1.29, 1.82) is 0 Å². The fraction of sp³-hybridized carbons (Fsp3) is 0.485. The van der Waals surface area contributed by atoms with Gasteiger partial charge in [-0.05, 0) is 72.7 Å². The Balaban J connectivity index is 1.26. The lowest BCUT2D eigenvalue weighted by atomic mass is 9.78. The van der Waals surface area contributed by atoms with E-state index in [1.165, 1.54) is 30.4 Å². The van der Waals surface area contributed by atoms with Gasteiger partial charge in [0.2, 0.25) is 5.28 Å². The summed E-state index contributed by atoms with van der Waals surface area (Å²) >= 11 is 5.74. The SMILES string of the molecule is CC(C)(c1ccc(OCCCCCCCCOCCCCNC(=O)O)cc1)c1ccc(OCc2cnc(Cl)nc2)cc1. The highest BCUT2D eigenvalue weighted by molar-refractivity contribution is 6.28. The quantitative estimate of drug-likeness (QED) is 0.101. The molecule has 1 amide bonds. The molecule has 0 bridgehead atoms. The Morgan fingerprint density at radius 3 is 1.83 bits per heavy atom. The second kappa shape index (κ2) is 18.2. The van der Waals surface area contributed by atoms with E-state index >= 15 is 0 Å². The number of hydrogen-bond donors (Lipinski definition) is 2. The molecule has 2 N–H and O–H groups in total. The summed E-state index contributed by atoms with van der Waals surface area (Å²) in [5.74, 6) is 1.69. The van der Waals surface area contributed by atoms with Crippen molar-refractivity contribution in [3.63, 3.8) is 0 Å². The van der Waals surface area contributed by atoms with E-state index in [-0.39, 0.29) is 10.7 Å². The van der Waals surface area contributed by atoms with Gasteiger partial charge >= 0.3 is 6.09 Å². The molecule has 0 aliphatic carbocycles. The summed E-state index contributed by atoms with van der Waals surface area (Å²) < 4.78 is 17.5. The summed E-state index contributed by atoms with van der Waals surface area (Å²) in [7, 11) is 0. The zero-order valence-electron chi connectivity index (χ0n) is 24.8. The lowest BCUT2D eigenvalue weighted by Crippen LogP contribution is -2.22. The zero-order valence-corrected chi connectivity index (χ0v) is 25.6. The van der Waals surface area contributed by atoms with Gasteiger partial charge in [-0.1, -0.05) is 63.8 Å². The van der Waals surface area contributed by atoms with Crippen molar-refractivity contribution in [2.24, 2.45) is 0 Å². The molecule has 0 saturated heterocycles. The lowest BCUT2D eigenvalue weighted by Gasteiger charge is -2.26. The van der Waals surface area contributed by atoms with Crippen molar-refractivity contribution in [2.75, 3.05) is 26.4 Å². The van der Waals surface area contributed by atoms with Gasteiger partial charge in [-0.25, -0.2) is 14.8 Å². The molecule has 0 spiro atoms. The van der Waals surface area contributed by atoms with Crippen molar-refractivity contribution in [3.8, 4) is 11.5 Å². The van der Waals surface area contributed by atoms with Crippen LogP contribution in [0.3, 0.4) is 0 Å². The molecule has 3 aromatic rings. The minimum absolute atomic E-state index is 0.161. The number of amides is 1. The number of nitrogens with one attached hydrogen (secondary N) is 1. The predicted molar refractivity (Wildman–Crippen MR) is 166 cm³/mol. The molecule has 0 aliphatic rings. The highest BCUT2D eigenvalue weighted by atomic mass is 35.5. The molecule has 3 rings (SSSR count). The van der Waals surface area contributed by atoms with Crippen LogP contribution in [0.5, 0.6) is 11.5 Å². The monoisotopic (exact) mass is 597 g/mol. The number of benzene rings is 2. The van der Waals surface area contributed by atoms with Gasteiger partial charge in [0.05, 0.1) is 6.61 Å². The highest BCUT2D eigenvalue weighted by Gasteiger charge is 2.23. The molecule has 1 heterocycles. The molecule has 0 saturated carbocycles. The number of rotatable bonds is 20. The van der Waals surface area contributed by atoms with Crippen molar-refractivity contribution in [2.45, 2.75) is 77.2 Å². The first-order valence-electron chi connectivity index (χ1n) is 14.8. The molecular weight excluding hydrogens is 554 g/mol. The molecule has 0 unspecified atom stereocenters. The second-order valence-corrected chi connectivity index (χ2v) is 11.2. The maximum absolute atomic E-state index is 10.4. The maximum Gasteiger partial charge on any atom is 0.404 e. The number of hydrogen-bond acceptors (Lipinski definition) is 6. The Labute approximate surface area is 254 Å². The summed E-state index contributed by atoms with van der Waals surface area (Å²) in [6, 6.07) is 16.6. The average molecular weight is 598 g/mol. The highest BCUT2D eigenvalue weighted by Crippen LogP contribution is 2.33. The number of carbonyl (C=O) groups is 1. The predicted octanol–water partition coefficient (Wildman–Crippen LogP) is 7.82. The number of nitrogens with zero attached hydrogens (tertiary/aromatic N) is 2. The molecule has 42 heavy (non-hydrogen) atoms. The van der Waals surface area contributed by atoms with Crippen molar-refractivity contribution in [3.05, 3.63) is 82.9 Å². The summed E-state index contributed by atoms with van der Waals surface area (Å²) in [5.41, 5.74) is 3.13. The van der Waals surface area contributed by atoms with E-state index in [1.54, 1.807) is 12.4 Å². The number of carboxylic acid groups (broad SMARTS) is 1. The van der Waals surface area contributed by atoms with Gasteiger partial charge < -0.3 is 24.6 Å². The minimum atomic E-state index is -0.967. The molecule has 1 aromatic heterocycles. The molecular formula is C33H44ClN3O5. The summed E-state index contributed by atoms with van der Waals surface area (Å²) in [4.78, 5) is 18.3. The van der Waals surface area contributed by atoms with Crippen molar-refractivity contribution < 1.29 is 24.1 Å². The lowest BCUT2D eigenvalue weighted by molar-refractivity contribution is 0.126. The summed E-state index contributed by atoms with van der Waals surface area (Å²) in [6.07, 6.45) is 10.9. The largest absolute Gasteiger partial charge is 0.494 e. The van der Waals surface area contributed by atoms with Crippen LogP contribution in [0.25, 0.3) is 0 Å². The molecule has 8 nitrogen and oxygen atoms in total. The Morgan fingerprint density at radius 1 is 0.762 bits per heavy atom. The van der Waals surface area contributed by atoms with Crippen LogP contribution in [0.15, 0.2) is 60.9 Å². The van der Waals surface area contributed by atoms with E-state index in [9.17, 15) is 4.79 Å². The van der Waals surface area contributed by atoms with Gasteiger partial charge in [0.1, 0.15) is 18.1 Å². The molecule has 228 valence electrons.